The summed E-state index contributed by atoms with van der Waals surface area (Å²) in [6.45, 7) is 0. The fraction of sp³-hybridized carbons (Fsp3) is 0. The highest BCUT2D eigenvalue weighted by molar-refractivity contribution is 6.22. The van der Waals surface area contributed by atoms with Crippen molar-refractivity contribution in [2.45, 2.75) is 0 Å². The van der Waals surface area contributed by atoms with Crippen molar-refractivity contribution >= 4 is 65.4 Å². The number of benzene rings is 8. The van der Waals surface area contributed by atoms with E-state index in [1.807, 2.05) is 0 Å². The summed E-state index contributed by atoms with van der Waals surface area (Å²) < 4.78 is 245. The van der Waals surface area contributed by atoms with E-state index < -0.39 is 251 Å². The van der Waals surface area contributed by atoms with Crippen molar-refractivity contribution in [3.05, 3.63) is 157 Å². The topological polar surface area (TPSA) is 26.3 Å². The van der Waals surface area contributed by atoms with Gasteiger partial charge in [-0.1, -0.05) is 115 Å². The molecule has 0 radical (unpaired) electrons. The first-order chi connectivity index (χ1) is 33.6. The summed E-state index contributed by atoms with van der Waals surface area (Å²) in [5, 5.41) is -4.76. The monoisotopic (exact) mass is 612 g/mol. The first-order valence-corrected chi connectivity index (χ1v) is 13.6. The van der Waals surface area contributed by atoms with Gasteiger partial charge >= 0.3 is 0 Å². The standard InChI is InChI=1S/C44H26O2/c1-2-10-27(11-3-1)43-34-14-4-5-15-35(34)44(30-20-23-41-37(25-30)32-13-7-9-17-40(32)45-41)38-24-28(19-22-36(38)43)29-18-21-33-31-12-6-8-16-39(31)46-42(33)26-29/h1-26H/i1D,2D,3D,4D,5D,6D,7D,8D,9D,10D,11D,12D,13D,14D,15D,16D,17D,18D,19D,20D,21D,22D,23D,24D,25D,26D. The minimum Gasteiger partial charge on any atom is -0.456 e. The van der Waals surface area contributed by atoms with Crippen molar-refractivity contribution in [1.29, 1.82) is 0 Å². The molecule has 0 bridgehead atoms. The van der Waals surface area contributed by atoms with Crippen LogP contribution in [-0.2, 0) is 0 Å². The summed E-state index contributed by atoms with van der Waals surface area (Å²) in [5.74, 6) is 0. The van der Waals surface area contributed by atoms with Gasteiger partial charge in [-0.05, 0) is 97.2 Å². The predicted octanol–water partition coefficient (Wildman–Crippen LogP) is 12.8. The van der Waals surface area contributed by atoms with E-state index in [2.05, 4.69) is 0 Å². The maximum Gasteiger partial charge on any atom is 0.136 e. The zero-order chi connectivity index (χ0) is 52.8. The van der Waals surface area contributed by atoms with Crippen LogP contribution in [0.4, 0.5) is 0 Å². The molecule has 0 saturated carbocycles. The lowest BCUT2D eigenvalue weighted by Gasteiger charge is -2.19. The Morgan fingerprint density at radius 1 is 0.283 bits per heavy atom. The average molecular weight is 613 g/mol. The first-order valence-electron chi connectivity index (χ1n) is 26.6. The minimum absolute atomic E-state index is 0.373. The van der Waals surface area contributed by atoms with Crippen LogP contribution >= 0.6 is 0 Å². The average Bonchev–Trinajstić information content (AvgIpc) is 3.96. The molecule has 10 rings (SSSR count). The predicted molar refractivity (Wildman–Crippen MR) is 192 cm³/mol. The molecule has 2 heterocycles. The van der Waals surface area contributed by atoms with Gasteiger partial charge in [0.1, 0.15) is 22.3 Å². The third-order valence-electron chi connectivity index (χ3n) is 7.52. The first kappa shape index (κ1) is 10.8. The van der Waals surface area contributed by atoms with Crippen LogP contribution in [0.25, 0.3) is 98.8 Å². The van der Waals surface area contributed by atoms with Gasteiger partial charge in [-0.2, -0.15) is 0 Å². The van der Waals surface area contributed by atoms with Crippen LogP contribution in [0.15, 0.2) is 166 Å². The lowest BCUT2D eigenvalue weighted by Crippen LogP contribution is -1.91. The zero-order valence-electron chi connectivity index (χ0n) is 48.8. The Labute approximate surface area is 301 Å². The Bertz CT molecular complexity index is 4260. The summed E-state index contributed by atoms with van der Waals surface area (Å²) in [7, 11) is 0. The lowest BCUT2D eigenvalue weighted by atomic mass is 9.84. The van der Waals surface area contributed by atoms with Crippen molar-refractivity contribution in [3.63, 3.8) is 0 Å². The van der Waals surface area contributed by atoms with Crippen LogP contribution < -0.4 is 0 Å². The molecule has 0 atom stereocenters. The molecule has 2 aromatic heterocycles. The van der Waals surface area contributed by atoms with Gasteiger partial charge in [-0.15, -0.1) is 0 Å². The number of hydrogen-bond acceptors (Lipinski definition) is 2. The van der Waals surface area contributed by atoms with Gasteiger partial charge < -0.3 is 8.83 Å². The maximum absolute atomic E-state index is 10.1. The van der Waals surface area contributed by atoms with Gasteiger partial charge in [0, 0.05) is 21.5 Å². The number of furan rings is 2. The van der Waals surface area contributed by atoms with Gasteiger partial charge in [0.25, 0.3) is 0 Å². The molecule has 0 unspecified atom stereocenters. The molecule has 46 heavy (non-hydrogen) atoms. The van der Waals surface area contributed by atoms with Crippen LogP contribution in [0.2, 0.25) is 0 Å². The van der Waals surface area contributed by atoms with Crippen LogP contribution in [0.3, 0.4) is 0 Å². The molecule has 0 aliphatic rings. The van der Waals surface area contributed by atoms with E-state index in [-0.39, 0.29) is 5.39 Å². The molecule has 0 aliphatic carbocycles. The molecule has 0 aliphatic heterocycles. The van der Waals surface area contributed by atoms with E-state index in [4.69, 9.17) is 30.8 Å². The normalized spacial score (nSPS) is 19.8. The summed E-state index contributed by atoms with van der Waals surface area (Å²) in [6, 6.07) is -23.2. The van der Waals surface area contributed by atoms with Crippen LogP contribution in [0, 0.1) is 0 Å². The summed E-state index contributed by atoms with van der Waals surface area (Å²) in [4.78, 5) is 0. The Balaban J connectivity index is 1.55. The van der Waals surface area contributed by atoms with Gasteiger partial charge in [0.05, 0.1) is 35.6 Å². The smallest absolute Gasteiger partial charge is 0.136 e. The summed E-state index contributed by atoms with van der Waals surface area (Å²) in [6.07, 6.45) is 0. The molecule has 0 amide bonds. The van der Waals surface area contributed by atoms with Crippen LogP contribution in [-0.4, -0.2) is 0 Å². The second-order valence-corrected chi connectivity index (χ2v) is 10.0. The molecule has 0 fully saturated rings. The van der Waals surface area contributed by atoms with Crippen LogP contribution in [0.5, 0.6) is 0 Å². The number of fused-ring (bicyclic) bond motifs is 8. The largest absolute Gasteiger partial charge is 0.456 e. The van der Waals surface area contributed by atoms with Gasteiger partial charge in [-0.3, -0.25) is 0 Å². The van der Waals surface area contributed by atoms with Crippen molar-refractivity contribution in [2.24, 2.45) is 0 Å². The second kappa shape index (κ2) is 9.69. The highest BCUT2D eigenvalue weighted by Crippen LogP contribution is 2.46. The highest BCUT2D eigenvalue weighted by atomic mass is 16.3. The summed E-state index contributed by atoms with van der Waals surface area (Å²) >= 11 is 0. The number of rotatable bonds is 3. The molecule has 10 aromatic rings. The zero-order valence-corrected chi connectivity index (χ0v) is 22.8. The quantitative estimate of drug-likeness (QED) is 0.186. The minimum atomic E-state index is -1.06. The molecule has 0 saturated heterocycles. The van der Waals surface area contributed by atoms with Gasteiger partial charge in [0.2, 0.25) is 0 Å². The van der Waals surface area contributed by atoms with E-state index in [0.29, 0.717) is 0 Å². The van der Waals surface area contributed by atoms with E-state index in [0.717, 1.165) is 0 Å². The SMILES string of the molecule is [2H]c1c([2H])c([2H])c(-c2c3c([2H])c([2H])c([2H])c([2H])c3c(-c3c([2H])c([2H])c4oc5c([2H])c([2H])c([2H])c([2H])c5c4c3[2H])c3c([2H])c(-c4c([2H])c([2H])c5c(oc6c([2H])c([2H])c([2H])c([2H])c65)c4[2H])c([2H])c([2H])c23)c([2H])c1[2H]. The summed E-state index contributed by atoms with van der Waals surface area (Å²) in [5.41, 5.74) is -6.96. The van der Waals surface area contributed by atoms with E-state index >= 15 is 0 Å². The molecule has 214 valence electrons. The van der Waals surface area contributed by atoms with Gasteiger partial charge in [-0.25, -0.2) is 0 Å². The highest BCUT2D eigenvalue weighted by Gasteiger charge is 2.19. The third-order valence-corrected chi connectivity index (χ3v) is 7.52. The number of para-hydroxylation sites is 2. The molecule has 2 heteroatoms. The van der Waals surface area contributed by atoms with Crippen molar-refractivity contribution in [3.8, 4) is 33.4 Å². The molecular formula is C44H26O2. The maximum atomic E-state index is 10.1. The van der Waals surface area contributed by atoms with Crippen LogP contribution in [0.1, 0.15) is 35.6 Å². The molecule has 8 aromatic carbocycles. The van der Waals surface area contributed by atoms with Crippen molar-refractivity contribution < 1.29 is 44.5 Å². The Morgan fingerprint density at radius 2 is 0.739 bits per heavy atom. The molecule has 2 nitrogen and oxygen atoms in total. The van der Waals surface area contributed by atoms with E-state index in [1.54, 1.807) is 0 Å². The fourth-order valence-corrected chi connectivity index (χ4v) is 5.57. The number of hydrogen-bond donors (Lipinski definition) is 0. The molecule has 0 spiro atoms. The Hall–Kier alpha value is -6.12. The van der Waals surface area contributed by atoms with Crippen molar-refractivity contribution in [2.75, 3.05) is 0 Å². The molecular weight excluding hydrogens is 560 g/mol. The van der Waals surface area contributed by atoms with E-state index in [1.165, 1.54) is 0 Å². The molecule has 0 N–H and O–H groups in total. The lowest BCUT2D eigenvalue weighted by molar-refractivity contribution is 0.668. The Kier molecular flexibility index (Phi) is 2.26. The van der Waals surface area contributed by atoms with Gasteiger partial charge in [0.15, 0.2) is 0 Å². The van der Waals surface area contributed by atoms with Crippen molar-refractivity contribution in [1.82, 2.24) is 0 Å². The van der Waals surface area contributed by atoms with E-state index in [9.17, 15) is 13.7 Å². The Morgan fingerprint density at radius 3 is 1.48 bits per heavy atom. The third kappa shape index (κ3) is 3.71. The fourth-order valence-electron chi connectivity index (χ4n) is 5.57. The second-order valence-electron chi connectivity index (χ2n) is 10.0.